The number of amides is 2. The van der Waals surface area contributed by atoms with Crippen LogP contribution in [0.3, 0.4) is 0 Å². The SMILES string of the molecule is O=C(N/N=C/c1cccc(F)c1)Nc1cccc2nsnc12. The first-order chi connectivity index (χ1) is 10.7. The minimum Gasteiger partial charge on any atom is -0.304 e. The van der Waals surface area contributed by atoms with E-state index in [4.69, 9.17) is 0 Å². The summed E-state index contributed by atoms with van der Waals surface area (Å²) in [5.41, 5.74) is 4.74. The molecule has 0 unspecified atom stereocenters. The molecule has 6 nitrogen and oxygen atoms in total. The average molecular weight is 315 g/mol. The third-order valence-electron chi connectivity index (χ3n) is 2.76. The van der Waals surface area contributed by atoms with E-state index in [1.54, 1.807) is 24.3 Å². The van der Waals surface area contributed by atoms with Crippen molar-refractivity contribution in [1.82, 2.24) is 14.2 Å². The van der Waals surface area contributed by atoms with E-state index in [1.165, 1.54) is 18.3 Å². The summed E-state index contributed by atoms with van der Waals surface area (Å²) in [7, 11) is 0. The highest BCUT2D eigenvalue weighted by atomic mass is 32.1. The fourth-order valence-corrected chi connectivity index (χ4v) is 2.36. The van der Waals surface area contributed by atoms with Crippen LogP contribution in [-0.4, -0.2) is 21.0 Å². The molecule has 2 amide bonds. The Morgan fingerprint density at radius 2 is 2.09 bits per heavy atom. The molecule has 2 aromatic carbocycles. The number of aromatic nitrogens is 2. The Hall–Kier alpha value is -2.87. The average Bonchev–Trinajstić information content (AvgIpc) is 2.97. The van der Waals surface area contributed by atoms with Gasteiger partial charge >= 0.3 is 6.03 Å². The Kier molecular flexibility index (Phi) is 4.01. The predicted molar refractivity (Wildman–Crippen MR) is 83.6 cm³/mol. The van der Waals surface area contributed by atoms with Crippen molar-refractivity contribution in [2.24, 2.45) is 5.10 Å². The van der Waals surface area contributed by atoms with Crippen LogP contribution in [0.25, 0.3) is 11.0 Å². The Labute approximate surface area is 129 Å². The van der Waals surface area contributed by atoms with Gasteiger partial charge in [0.05, 0.1) is 23.6 Å². The Bertz CT molecular complexity index is 848. The maximum absolute atomic E-state index is 13.0. The zero-order valence-electron chi connectivity index (χ0n) is 11.2. The smallest absolute Gasteiger partial charge is 0.304 e. The lowest BCUT2D eigenvalue weighted by Crippen LogP contribution is -2.24. The van der Waals surface area contributed by atoms with Crippen molar-refractivity contribution in [3.8, 4) is 0 Å². The summed E-state index contributed by atoms with van der Waals surface area (Å²) in [6.45, 7) is 0. The molecule has 0 atom stereocenters. The number of benzene rings is 2. The molecule has 0 aliphatic carbocycles. The van der Waals surface area contributed by atoms with Gasteiger partial charge < -0.3 is 5.32 Å². The number of carbonyl (C=O) groups is 1. The zero-order valence-corrected chi connectivity index (χ0v) is 12.0. The summed E-state index contributed by atoms with van der Waals surface area (Å²) in [6.07, 6.45) is 1.35. The van der Waals surface area contributed by atoms with Crippen LogP contribution in [0.5, 0.6) is 0 Å². The van der Waals surface area contributed by atoms with Crippen molar-refractivity contribution in [2.75, 3.05) is 5.32 Å². The molecule has 1 heterocycles. The van der Waals surface area contributed by atoms with Gasteiger partial charge in [-0.15, -0.1) is 0 Å². The largest absolute Gasteiger partial charge is 0.339 e. The van der Waals surface area contributed by atoms with Gasteiger partial charge in [-0.2, -0.15) is 13.8 Å². The molecule has 0 radical (unpaired) electrons. The van der Waals surface area contributed by atoms with Crippen LogP contribution < -0.4 is 10.7 Å². The molecule has 22 heavy (non-hydrogen) atoms. The molecule has 0 fully saturated rings. The van der Waals surface area contributed by atoms with Crippen LogP contribution in [0.1, 0.15) is 5.56 Å². The minimum atomic E-state index is -0.520. The van der Waals surface area contributed by atoms with Crippen LogP contribution in [0.15, 0.2) is 47.6 Å². The van der Waals surface area contributed by atoms with Crippen molar-refractivity contribution >= 4 is 40.7 Å². The number of halogens is 1. The molecular formula is C14H10FN5OS. The number of nitrogens with zero attached hydrogens (tertiary/aromatic N) is 3. The van der Waals surface area contributed by atoms with Gasteiger partial charge in [0.25, 0.3) is 0 Å². The molecule has 0 saturated heterocycles. The van der Waals surface area contributed by atoms with E-state index < -0.39 is 6.03 Å². The Morgan fingerprint density at radius 3 is 2.95 bits per heavy atom. The Balaban J connectivity index is 1.64. The zero-order chi connectivity index (χ0) is 15.4. The predicted octanol–water partition coefficient (Wildman–Crippen LogP) is 2.99. The lowest BCUT2D eigenvalue weighted by Gasteiger charge is -2.04. The quantitative estimate of drug-likeness (QED) is 0.576. The number of hydrogen-bond donors (Lipinski definition) is 2. The topological polar surface area (TPSA) is 79.3 Å². The highest BCUT2D eigenvalue weighted by Gasteiger charge is 2.07. The van der Waals surface area contributed by atoms with Crippen LogP contribution >= 0.6 is 11.7 Å². The van der Waals surface area contributed by atoms with Crippen molar-refractivity contribution in [3.05, 3.63) is 53.8 Å². The lowest BCUT2D eigenvalue weighted by atomic mass is 10.2. The summed E-state index contributed by atoms with van der Waals surface area (Å²) >= 11 is 1.07. The molecule has 0 spiro atoms. The van der Waals surface area contributed by atoms with E-state index in [0.29, 0.717) is 22.3 Å². The minimum absolute atomic E-state index is 0.365. The third-order valence-corrected chi connectivity index (χ3v) is 3.31. The third kappa shape index (κ3) is 3.23. The molecule has 0 aliphatic heterocycles. The molecule has 110 valence electrons. The first kappa shape index (κ1) is 14.1. The molecule has 0 aliphatic rings. The second-order valence-corrected chi connectivity index (χ2v) is 4.85. The number of carbonyl (C=O) groups excluding carboxylic acids is 1. The van der Waals surface area contributed by atoms with Crippen LogP contribution in [0, 0.1) is 5.82 Å². The number of urea groups is 1. The first-order valence-electron chi connectivity index (χ1n) is 6.29. The highest BCUT2D eigenvalue weighted by molar-refractivity contribution is 7.00. The molecule has 1 aromatic heterocycles. The second kappa shape index (κ2) is 6.27. The molecule has 0 bridgehead atoms. The van der Waals surface area contributed by atoms with Crippen molar-refractivity contribution in [1.29, 1.82) is 0 Å². The second-order valence-electron chi connectivity index (χ2n) is 4.32. The fraction of sp³-hybridized carbons (Fsp3) is 0. The van der Waals surface area contributed by atoms with Gasteiger partial charge in [-0.25, -0.2) is 14.6 Å². The van der Waals surface area contributed by atoms with E-state index in [2.05, 4.69) is 24.6 Å². The van der Waals surface area contributed by atoms with E-state index >= 15 is 0 Å². The maximum Gasteiger partial charge on any atom is 0.339 e. The first-order valence-corrected chi connectivity index (χ1v) is 7.02. The maximum atomic E-state index is 13.0. The summed E-state index contributed by atoms with van der Waals surface area (Å²) in [5.74, 6) is -0.365. The lowest BCUT2D eigenvalue weighted by molar-refractivity contribution is 0.252. The van der Waals surface area contributed by atoms with Crippen LogP contribution in [0.2, 0.25) is 0 Å². The van der Waals surface area contributed by atoms with Crippen molar-refractivity contribution in [2.45, 2.75) is 0 Å². The number of nitrogens with one attached hydrogen (secondary N) is 2. The van der Waals surface area contributed by atoms with Gasteiger partial charge in [-0.3, -0.25) is 0 Å². The van der Waals surface area contributed by atoms with Gasteiger partial charge in [0.1, 0.15) is 16.9 Å². The number of rotatable bonds is 3. The van der Waals surface area contributed by atoms with Crippen LogP contribution in [-0.2, 0) is 0 Å². The van der Waals surface area contributed by atoms with Gasteiger partial charge in [0.15, 0.2) is 0 Å². The normalized spacial score (nSPS) is 11.0. The van der Waals surface area contributed by atoms with Crippen molar-refractivity contribution in [3.63, 3.8) is 0 Å². The van der Waals surface area contributed by atoms with E-state index in [0.717, 1.165) is 11.7 Å². The fourth-order valence-electron chi connectivity index (χ4n) is 1.81. The molecule has 3 rings (SSSR count). The molecule has 8 heteroatoms. The van der Waals surface area contributed by atoms with Crippen molar-refractivity contribution < 1.29 is 9.18 Å². The number of anilines is 1. The van der Waals surface area contributed by atoms with Gasteiger partial charge in [-0.05, 0) is 29.8 Å². The van der Waals surface area contributed by atoms with E-state index in [9.17, 15) is 9.18 Å². The number of hydrogen-bond acceptors (Lipinski definition) is 5. The summed E-state index contributed by atoms with van der Waals surface area (Å²) in [4.78, 5) is 11.8. The number of hydrazone groups is 1. The molecule has 3 aromatic rings. The molecule has 2 N–H and O–H groups in total. The molecule has 0 saturated carbocycles. The summed E-state index contributed by atoms with van der Waals surface area (Å²) in [6, 6.07) is 10.7. The summed E-state index contributed by atoms with van der Waals surface area (Å²) < 4.78 is 21.2. The van der Waals surface area contributed by atoms with E-state index in [1.807, 2.05) is 6.07 Å². The molecular weight excluding hydrogens is 305 g/mol. The monoisotopic (exact) mass is 315 g/mol. The van der Waals surface area contributed by atoms with Gasteiger partial charge in [-0.1, -0.05) is 18.2 Å². The highest BCUT2D eigenvalue weighted by Crippen LogP contribution is 2.20. The van der Waals surface area contributed by atoms with Crippen LogP contribution in [0.4, 0.5) is 14.9 Å². The summed E-state index contributed by atoms with van der Waals surface area (Å²) in [5, 5.41) is 6.39. The van der Waals surface area contributed by atoms with E-state index in [-0.39, 0.29) is 5.82 Å². The number of fused-ring (bicyclic) bond motifs is 1. The Morgan fingerprint density at radius 1 is 1.23 bits per heavy atom. The van der Waals surface area contributed by atoms with Gasteiger partial charge in [0, 0.05) is 0 Å². The standard InChI is InChI=1S/C14H10FN5OS/c15-10-4-1-3-9(7-10)8-16-18-14(21)17-11-5-2-6-12-13(11)20-22-19-12/h1-8H,(H2,17,18,21)/b16-8+. The van der Waals surface area contributed by atoms with Gasteiger partial charge in [0.2, 0.25) is 0 Å².